The SMILES string of the molecule is C/C(=N/Nc1nc(-c2ccc(Cl)cc2)cs1)c1ccccc1Br. The highest BCUT2D eigenvalue weighted by Gasteiger charge is 2.05. The minimum atomic E-state index is 0.719. The van der Waals surface area contributed by atoms with Gasteiger partial charge in [0.2, 0.25) is 5.13 Å². The van der Waals surface area contributed by atoms with Crippen molar-refractivity contribution in [2.24, 2.45) is 5.10 Å². The van der Waals surface area contributed by atoms with E-state index >= 15 is 0 Å². The van der Waals surface area contributed by atoms with E-state index < -0.39 is 0 Å². The number of rotatable bonds is 4. The van der Waals surface area contributed by atoms with Gasteiger partial charge in [-0.3, -0.25) is 5.43 Å². The van der Waals surface area contributed by atoms with Gasteiger partial charge in [0.1, 0.15) is 0 Å². The van der Waals surface area contributed by atoms with Gasteiger partial charge in [-0.2, -0.15) is 5.10 Å². The van der Waals surface area contributed by atoms with Gasteiger partial charge in [0, 0.05) is 26.0 Å². The molecular weight excluding hydrogens is 394 g/mol. The molecular formula is C17H13BrClN3S. The van der Waals surface area contributed by atoms with Gasteiger partial charge < -0.3 is 0 Å². The van der Waals surface area contributed by atoms with E-state index in [1.54, 1.807) is 0 Å². The van der Waals surface area contributed by atoms with Crippen LogP contribution in [0.15, 0.2) is 63.5 Å². The average Bonchev–Trinajstić information content (AvgIpc) is 3.03. The van der Waals surface area contributed by atoms with Crippen LogP contribution in [-0.4, -0.2) is 10.7 Å². The summed E-state index contributed by atoms with van der Waals surface area (Å²) in [5.74, 6) is 0. The Morgan fingerprint density at radius 3 is 2.65 bits per heavy atom. The van der Waals surface area contributed by atoms with Gasteiger partial charge in [0.25, 0.3) is 0 Å². The van der Waals surface area contributed by atoms with Crippen LogP contribution < -0.4 is 5.43 Å². The predicted molar refractivity (Wildman–Crippen MR) is 103 cm³/mol. The molecule has 3 nitrogen and oxygen atoms in total. The van der Waals surface area contributed by atoms with Crippen molar-refractivity contribution in [1.82, 2.24) is 4.98 Å². The minimum Gasteiger partial charge on any atom is -0.252 e. The number of halogens is 2. The largest absolute Gasteiger partial charge is 0.252 e. The molecule has 0 unspecified atom stereocenters. The number of anilines is 1. The first kappa shape index (κ1) is 16.2. The summed E-state index contributed by atoms with van der Waals surface area (Å²) in [6, 6.07) is 15.6. The molecule has 0 atom stereocenters. The van der Waals surface area contributed by atoms with Gasteiger partial charge in [-0.1, -0.05) is 57.9 Å². The standard InChI is InChI=1S/C17H13BrClN3S/c1-11(14-4-2-3-5-15(14)18)21-22-17-20-16(10-23-17)12-6-8-13(19)9-7-12/h2-10H,1H3,(H,20,22)/b21-11-. The Balaban J connectivity index is 1.75. The van der Waals surface area contributed by atoms with Crippen LogP contribution in [0.25, 0.3) is 11.3 Å². The van der Waals surface area contributed by atoms with E-state index in [-0.39, 0.29) is 0 Å². The van der Waals surface area contributed by atoms with Crippen molar-refractivity contribution in [3.05, 3.63) is 69.0 Å². The third kappa shape index (κ3) is 3.99. The molecule has 0 aliphatic heterocycles. The highest BCUT2D eigenvalue weighted by molar-refractivity contribution is 9.10. The first-order valence-electron chi connectivity index (χ1n) is 6.90. The average molecular weight is 407 g/mol. The smallest absolute Gasteiger partial charge is 0.203 e. The Hall–Kier alpha value is -1.69. The molecule has 3 aromatic rings. The van der Waals surface area contributed by atoms with E-state index in [0.717, 1.165) is 37.2 Å². The number of hydrogen-bond donors (Lipinski definition) is 1. The van der Waals surface area contributed by atoms with Gasteiger partial charge in [0.15, 0.2) is 0 Å². The van der Waals surface area contributed by atoms with Gasteiger partial charge >= 0.3 is 0 Å². The molecule has 0 aliphatic rings. The van der Waals surface area contributed by atoms with E-state index in [1.165, 1.54) is 11.3 Å². The van der Waals surface area contributed by atoms with Gasteiger partial charge in [-0.05, 0) is 25.1 Å². The van der Waals surface area contributed by atoms with Crippen LogP contribution in [0.4, 0.5) is 5.13 Å². The number of benzene rings is 2. The zero-order chi connectivity index (χ0) is 16.2. The Kier molecular flexibility index (Phi) is 5.10. The summed E-state index contributed by atoms with van der Waals surface area (Å²) in [6.45, 7) is 1.96. The number of nitrogens with zero attached hydrogens (tertiary/aromatic N) is 2. The van der Waals surface area contributed by atoms with Crippen molar-refractivity contribution in [2.75, 3.05) is 5.43 Å². The van der Waals surface area contributed by atoms with E-state index in [1.807, 2.05) is 60.8 Å². The fraction of sp³-hybridized carbons (Fsp3) is 0.0588. The second-order valence-electron chi connectivity index (χ2n) is 4.83. The number of hydrogen-bond acceptors (Lipinski definition) is 4. The van der Waals surface area contributed by atoms with Gasteiger partial charge in [-0.25, -0.2) is 4.98 Å². The third-order valence-corrected chi connectivity index (χ3v) is 4.92. The molecule has 0 amide bonds. The zero-order valence-corrected chi connectivity index (χ0v) is 15.4. The van der Waals surface area contributed by atoms with Crippen LogP contribution in [0, 0.1) is 0 Å². The molecule has 1 aromatic heterocycles. The molecule has 0 radical (unpaired) electrons. The van der Waals surface area contributed by atoms with E-state index in [4.69, 9.17) is 11.6 Å². The molecule has 0 saturated carbocycles. The fourth-order valence-electron chi connectivity index (χ4n) is 2.02. The normalized spacial score (nSPS) is 11.5. The van der Waals surface area contributed by atoms with E-state index in [2.05, 4.69) is 31.4 Å². The molecule has 1 heterocycles. The maximum absolute atomic E-state index is 5.91. The summed E-state index contributed by atoms with van der Waals surface area (Å²) in [4.78, 5) is 4.54. The van der Waals surface area contributed by atoms with Crippen LogP contribution in [0.2, 0.25) is 5.02 Å². The first-order valence-corrected chi connectivity index (χ1v) is 8.95. The molecule has 0 bridgehead atoms. The van der Waals surface area contributed by atoms with Gasteiger partial charge in [-0.15, -0.1) is 11.3 Å². The Morgan fingerprint density at radius 2 is 1.91 bits per heavy atom. The molecule has 0 saturated heterocycles. The van der Waals surface area contributed by atoms with Crippen LogP contribution >= 0.6 is 38.9 Å². The molecule has 0 fully saturated rings. The minimum absolute atomic E-state index is 0.719. The summed E-state index contributed by atoms with van der Waals surface area (Å²) >= 11 is 11.0. The zero-order valence-electron chi connectivity index (χ0n) is 12.3. The molecule has 0 spiro atoms. The lowest BCUT2D eigenvalue weighted by molar-refractivity contribution is 1.27. The molecule has 23 heavy (non-hydrogen) atoms. The van der Waals surface area contributed by atoms with Crippen LogP contribution in [-0.2, 0) is 0 Å². The Bertz CT molecular complexity index is 843. The summed E-state index contributed by atoms with van der Waals surface area (Å²) < 4.78 is 1.02. The number of aromatic nitrogens is 1. The molecule has 3 rings (SSSR count). The van der Waals surface area contributed by atoms with E-state index in [9.17, 15) is 0 Å². The van der Waals surface area contributed by atoms with Gasteiger partial charge in [0.05, 0.1) is 11.4 Å². The lowest BCUT2D eigenvalue weighted by atomic mass is 10.1. The number of nitrogens with one attached hydrogen (secondary N) is 1. The Labute approximate surface area is 152 Å². The summed E-state index contributed by atoms with van der Waals surface area (Å²) in [6.07, 6.45) is 0. The van der Waals surface area contributed by atoms with Crippen molar-refractivity contribution < 1.29 is 0 Å². The summed E-state index contributed by atoms with van der Waals surface area (Å²) in [5, 5.41) is 7.87. The molecule has 1 N–H and O–H groups in total. The first-order chi connectivity index (χ1) is 11.1. The van der Waals surface area contributed by atoms with Crippen molar-refractivity contribution >= 4 is 49.7 Å². The lowest BCUT2D eigenvalue weighted by Gasteiger charge is -2.03. The monoisotopic (exact) mass is 405 g/mol. The van der Waals surface area contributed by atoms with Crippen LogP contribution in [0.1, 0.15) is 12.5 Å². The maximum atomic E-state index is 5.91. The number of thiazole rings is 1. The maximum Gasteiger partial charge on any atom is 0.203 e. The van der Waals surface area contributed by atoms with E-state index in [0.29, 0.717) is 0 Å². The molecule has 6 heteroatoms. The van der Waals surface area contributed by atoms with Crippen LogP contribution in [0.5, 0.6) is 0 Å². The second-order valence-corrected chi connectivity index (χ2v) is 6.98. The van der Waals surface area contributed by atoms with Crippen molar-refractivity contribution in [3.63, 3.8) is 0 Å². The molecule has 2 aromatic carbocycles. The summed E-state index contributed by atoms with van der Waals surface area (Å²) in [7, 11) is 0. The molecule has 116 valence electrons. The highest BCUT2D eigenvalue weighted by Crippen LogP contribution is 2.26. The fourth-order valence-corrected chi connectivity index (χ4v) is 3.38. The third-order valence-electron chi connectivity index (χ3n) is 3.23. The lowest BCUT2D eigenvalue weighted by Crippen LogP contribution is -2.00. The number of hydrazone groups is 1. The highest BCUT2D eigenvalue weighted by atomic mass is 79.9. The van der Waals surface area contributed by atoms with Crippen molar-refractivity contribution in [1.29, 1.82) is 0 Å². The second kappa shape index (κ2) is 7.25. The summed E-state index contributed by atoms with van der Waals surface area (Å²) in [5.41, 5.74) is 6.90. The van der Waals surface area contributed by atoms with Crippen LogP contribution in [0.3, 0.4) is 0 Å². The molecule has 0 aliphatic carbocycles. The Morgan fingerprint density at radius 1 is 1.17 bits per heavy atom. The van der Waals surface area contributed by atoms with Crippen molar-refractivity contribution in [2.45, 2.75) is 6.92 Å². The van der Waals surface area contributed by atoms with Crippen molar-refractivity contribution in [3.8, 4) is 11.3 Å². The topological polar surface area (TPSA) is 37.3 Å². The predicted octanol–water partition coefficient (Wildman–Crippen LogP) is 6.06. The quantitative estimate of drug-likeness (QED) is 0.422.